The number of furan rings is 1. The monoisotopic (exact) mass is 331 g/mol. The zero-order chi connectivity index (χ0) is 14.1. The van der Waals surface area contributed by atoms with Crippen molar-refractivity contribution in [1.29, 1.82) is 0 Å². The number of hydrogen-bond donors (Lipinski definition) is 0. The van der Waals surface area contributed by atoms with Crippen molar-refractivity contribution in [3.05, 3.63) is 64.2 Å². The van der Waals surface area contributed by atoms with Crippen molar-refractivity contribution < 1.29 is 9.34 Å². The minimum atomic E-state index is -0.472. The fourth-order valence-corrected chi connectivity index (χ4v) is 2.79. The fraction of sp³-hybridized carbons (Fsp3) is 0.0667. The van der Waals surface area contributed by atoms with Gasteiger partial charge in [-0.3, -0.25) is 10.1 Å². The van der Waals surface area contributed by atoms with Crippen LogP contribution in [0.2, 0.25) is 0 Å². The summed E-state index contributed by atoms with van der Waals surface area (Å²) in [6.45, 7) is 0. The highest BCUT2D eigenvalue weighted by molar-refractivity contribution is 9.08. The predicted octanol–water partition coefficient (Wildman–Crippen LogP) is 4.90. The minimum absolute atomic E-state index is 0.209. The lowest BCUT2D eigenvalue weighted by Crippen LogP contribution is -1.89. The van der Waals surface area contributed by atoms with Gasteiger partial charge < -0.3 is 4.42 Å². The summed E-state index contributed by atoms with van der Waals surface area (Å²) in [5, 5.41) is 12.7. The molecule has 3 rings (SSSR count). The third kappa shape index (κ3) is 2.00. The summed E-state index contributed by atoms with van der Waals surface area (Å²) in [5.41, 5.74) is 2.83. The Labute approximate surface area is 123 Å². The maximum absolute atomic E-state index is 11.3. The molecule has 0 aliphatic carbocycles. The summed E-state index contributed by atoms with van der Waals surface area (Å²) < 4.78 is 5.44. The number of hydrogen-bond acceptors (Lipinski definition) is 3. The zero-order valence-corrected chi connectivity index (χ0v) is 12.0. The van der Waals surface area contributed by atoms with Gasteiger partial charge in [-0.1, -0.05) is 58.4 Å². The Morgan fingerprint density at radius 1 is 1.10 bits per heavy atom. The summed E-state index contributed by atoms with van der Waals surface area (Å²) in [4.78, 5) is 10.8. The van der Waals surface area contributed by atoms with Gasteiger partial charge in [-0.25, -0.2) is 0 Å². The van der Waals surface area contributed by atoms with Crippen LogP contribution < -0.4 is 0 Å². The van der Waals surface area contributed by atoms with Crippen molar-refractivity contribution in [2.24, 2.45) is 0 Å². The van der Waals surface area contributed by atoms with Crippen molar-refractivity contribution in [3.8, 4) is 11.1 Å². The van der Waals surface area contributed by atoms with Gasteiger partial charge in [-0.15, -0.1) is 0 Å². The second-order valence-electron chi connectivity index (χ2n) is 4.33. The molecule has 3 aromatic rings. The van der Waals surface area contributed by atoms with Gasteiger partial charge >= 0.3 is 5.88 Å². The van der Waals surface area contributed by atoms with E-state index >= 15 is 0 Å². The van der Waals surface area contributed by atoms with Crippen LogP contribution in [-0.2, 0) is 5.33 Å². The largest absolute Gasteiger partial charge is 0.442 e. The molecule has 0 N–H and O–H groups in total. The molecular weight excluding hydrogens is 322 g/mol. The van der Waals surface area contributed by atoms with Crippen LogP contribution >= 0.6 is 15.9 Å². The van der Waals surface area contributed by atoms with E-state index in [2.05, 4.69) is 15.9 Å². The minimum Gasteiger partial charge on any atom is -0.400 e. The number of fused-ring (bicyclic) bond motifs is 1. The molecule has 0 saturated carbocycles. The Bertz CT molecular complexity index is 780. The summed E-state index contributed by atoms with van der Waals surface area (Å²) in [7, 11) is 0. The number of benzene rings is 2. The first-order valence-corrected chi connectivity index (χ1v) is 7.14. The summed E-state index contributed by atoms with van der Waals surface area (Å²) >= 11 is 3.42. The zero-order valence-electron chi connectivity index (χ0n) is 10.4. The molecule has 0 unspecified atom stereocenters. The van der Waals surface area contributed by atoms with Gasteiger partial charge in [0.25, 0.3) is 0 Å². The summed E-state index contributed by atoms with van der Waals surface area (Å²) in [6.07, 6.45) is 0. The van der Waals surface area contributed by atoms with Gasteiger partial charge in [0.05, 0.1) is 0 Å². The topological polar surface area (TPSA) is 56.3 Å². The van der Waals surface area contributed by atoms with E-state index in [1.807, 2.05) is 42.5 Å². The normalized spacial score (nSPS) is 10.8. The van der Waals surface area contributed by atoms with Crippen LogP contribution in [0.3, 0.4) is 0 Å². The van der Waals surface area contributed by atoms with Crippen LogP contribution in [0, 0.1) is 10.1 Å². The van der Waals surface area contributed by atoms with Crippen LogP contribution in [0.25, 0.3) is 22.1 Å². The molecule has 0 spiro atoms. The number of nitro groups is 1. The smallest absolute Gasteiger partial charge is 0.400 e. The molecule has 1 aromatic heterocycles. The highest BCUT2D eigenvalue weighted by Crippen LogP contribution is 2.41. The van der Waals surface area contributed by atoms with Crippen molar-refractivity contribution >= 4 is 32.8 Å². The molecular formula is C15H10BrNO3. The lowest BCUT2D eigenvalue weighted by atomic mass is 10.0. The van der Waals surface area contributed by atoms with Gasteiger partial charge in [0.15, 0.2) is 0 Å². The Morgan fingerprint density at radius 3 is 2.50 bits per heavy atom. The van der Waals surface area contributed by atoms with Gasteiger partial charge in [0.2, 0.25) is 0 Å². The molecule has 0 atom stereocenters. The lowest BCUT2D eigenvalue weighted by molar-refractivity contribution is -0.400. The number of nitrogens with zero attached hydrogens (tertiary/aromatic N) is 1. The van der Waals surface area contributed by atoms with Crippen molar-refractivity contribution in [3.63, 3.8) is 0 Å². The molecule has 2 aromatic carbocycles. The fourth-order valence-electron chi connectivity index (χ4n) is 2.32. The van der Waals surface area contributed by atoms with Crippen LogP contribution in [0.15, 0.2) is 52.9 Å². The molecule has 0 amide bonds. The lowest BCUT2D eigenvalue weighted by Gasteiger charge is -2.01. The molecule has 0 bridgehead atoms. The number of halogens is 1. The third-order valence-corrected chi connectivity index (χ3v) is 3.76. The standard InChI is InChI=1S/C15H10BrNO3/c16-9-11-7-4-8-12-13(11)14(15(20-12)17(18)19)10-5-2-1-3-6-10/h1-8H,9H2. The highest BCUT2D eigenvalue weighted by atomic mass is 79.9. The van der Waals surface area contributed by atoms with Crippen molar-refractivity contribution in [2.45, 2.75) is 5.33 Å². The van der Waals surface area contributed by atoms with E-state index in [0.29, 0.717) is 16.5 Å². The number of rotatable bonds is 3. The van der Waals surface area contributed by atoms with E-state index in [9.17, 15) is 10.1 Å². The average Bonchev–Trinajstić information content (AvgIpc) is 2.87. The first-order valence-electron chi connectivity index (χ1n) is 6.02. The maximum atomic E-state index is 11.3. The Hall–Kier alpha value is -2.14. The molecule has 0 saturated heterocycles. The van der Waals surface area contributed by atoms with E-state index in [1.165, 1.54) is 0 Å². The van der Waals surface area contributed by atoms with E-state index in [-0.39, 0.29) is 5.88 Å². The van der Waals surface area contributed by atoms with E-state index in [4.69, 9.17) is 4.42 Å². The molecule has 4 nitrogen and oxygen atoms in total. The van der Waals surface area contributed by atoms with Gasteiger partial charge in [0.1, 0.15) is 16.1 Å². The average molecular weight is 332 g/mol. The Morgan fingerprint density at radius 2 is 1.85 bits per heavy atom. The molecule has 0 fully saturated rings. The van der Waals surface area contributed by atoms with Crippen LogP contribution in [0.5, 0.6) is 0 Å². The molecule has 1 heterocycles. The van der Waals surface area contributed by atoms with Gasteiger partial charge in [0, 0.05) is 10.7 Å². The highest BCUT2D eigenvalue weighted by Gasteiger charge is 2.26. The molecule has 0 aliphatic heterocycles. The Kier molecular flexibility index (Phi) is 3.28. The molecule has 5 heteroatoms. The maximum Gasteiger partial charge on any atom is 0.442 e. The first-order chi connectivity index (χ1) is 9.72. The number of alkyl halides is 1. The first kappa shape index (κ1) is 12.9. The van der Waals surface area contributed by atoms with E-state index in [1.54, 1.807) is 6.07 Å². The molecule has 0 radical (unpaired) electrons. The van der Waals surface area contributed by atoms with Crippen LogP contribution in [-0.4, -0.2) is 4.92 Å². The Balaban J connectivity index is 2.43. The van der Waals surface area contributed by atoms with E-state index < -0.39 is 4.92 Å². The second-order valence-corrected chi connectivity index (χ2v) is 4.89. The quantitative estimate of drug-likeness (QED) is 0.389. The molecule has 0 aliphatic rings. The van der Waals surface area contributed by atoms with Crippen LogP contribution in [0.1, 0.15) is 5.56 Å². The van der Waals surface area contributed by atoms with Crippen LogP contribution in [0.4, 0.5) is 5.88 Å². The van der Waals surface area contributed by atoms with Crippen molar-refractivity contribution in [1.82, 2.24) is 0 Å². The summed E-state index contributed by atoms with van der Waals surface area (Å²) in [5.74, 6) is -0.209. The van der Waals surface area contributed by atoms with E-state index in [0.717, 1.165) is 16.5 Å². The SMILES string of the molecule is O=[N+]([O-])c1oc2cccc(CBr)c2c1-c1ccccc1. The third-order valence-electron chi connectivity index (χ3n) is 3.16. The summed E-state index contributed by atoms with van der Waals surface area (Å²) in [6, 6.07) is 14.8. The molecule has 100 valence electrons. The van der Waals surface area contributed by atoms with Gasteiger partial charge in [-0.2, -0.15) is 0 Å². The second kappa shape index (κ2) is 5.09. The van der Waals surface area contributed by atoms with Gasteiger partial charge in [-0.05, 0) is 17.2 Å². The van der Waals surface area contributed by atoms with Crippen molar-refractivity contribution in [2.75, 3.05) is 0 Å². The molecule has 20 heavy (non-hydrogen) atoms. The predicted molar refractivity (Wildman–Crippen MR) is 80.9 cm³/mol.